The first-order valence-corrected chi connectivity index (χ1v) is 4.90. The molecule has 1 rings (SSSR count). The first kappa shape index (κ1) is 9.58. The maximum atomic E-state index is 11.0. The van der Waals surface area contributed by atoms with Gasteiger partial charge >= 0.3 is 5.97 Å². The third-order valence-electron chi connectivity index (χ3n) is 2.14. The summed E-state index contributed by atoms with van der Waals surface area (Å²) in [5.41, 5.74) is -0.365. The highest BCUT2D eigenvalue weighted by atomic mass is 32.2. The van der Waals surface area contributed by atoms with E-state index in [-0.39, 0.29) is 16.5 Å². The molecule has 68 valence electrons. The summed E-state index contributed by atoms with van der Waals surface area (Å²) < 4.78 is 4.71. The number of esters is 1. The predicted octanol–water partition coefficient (Wildman–Crippen LogP) is 1.22. The van der Waals surface area contributed by atoms with E-state index in [1.165, 1.54) is 18.7 Å². The fourth-order valence-electron chi connectivity index (χ4n) is 1.02. The van der Waals surface area contributed by atoms with Crippen molar-refractivity contribution < 1.29 is 14.3 Å². The molecule has 0 radical (unpaired) electrons. The molecule has 1 aliphatic heterocycles. The topological polar surface area (TPSA) is 43.4 Å². The summed E-state index contributed by atoms with van der Waals surface area (Å²) in [4.78, 5) is 21.7. The Morgan fingerprint density at radius 3 is 2.67 bits per heavy atom. The van der Waals surface area contributed by atoms with Crippen molar-refractivity contribution in [3.8, 4) is 0 Å². The van der Waals surface area contributed by atoms with Gasteiger partial charge in [-0.2, -0.15) is 0 Å². The van der Waals surface area contributed by atoms with Crippen LogP contribution < -0.4 is 0 Å². The monoisotopic (exact) mass is 188 g/mol. The molecule has 1 heterocycles. The Labute approximate surface area is 75.8 Å². The fourth-order valence-corrected chi connectivity index (χ4v) is 1.91. The molecule has 0 aromatic rings. The molecular formula is C8H12O3S. The minimum atomic E-state index is -0.365. The fraction of sp³-hybridized carbons (Fsp3) is 0.750. The standard InChI is InChI=1S/C8H12O3S/c1-3-8(4-11-7(8)10)5-12-6(2)9/h3-5H2,1-2H3. The van der Waals surface area contributed by atoms with Crippen molar-refractivity contribution in [2.75, 3.05) is 12.4 Å². The molecular weight excluding hydrogens is 176 g/mol. The zero-order chi connectivity index (χ0) is 9.19. The third-order valence-corrected chi connectivity index (χ3v) is 3.24. The molecule has 0 aliphatic carbocycles. The molecule has 0 bridgehead atoms. The molecule has 3 nitrogen and oxygen atoms in total. The second-order valence-corrected chi connectivity index (χ2v) is 4.14. The minimum absolute atomic E-state index is 0.0579. The van der Waals surface area contributed by atoms with Crippen LogP contribution in [0, 0.1) is 5.41 Å². The highest BCUT2D eigenvalue weighted by molar-refractivity contribution is 8.13. The van der Waals surface area contributed by atoms with Gasteiger partial charge in [-0.25, -0.2) is 0 Å². The molecule has 1 aliphatic rings. The van der Waals surface area contributed by atoms with E-state index in [1.54, 1.807) is 0 Å². The van der Waals surface area contributed by atoms with E-state index >= 15 is 0 Å². The van der Waals surface area contributed by atoms with Gasteiger partial charge in [0.05, 0.1) is 0 Å². The normalized spacial score (nSPS) is 27.7. The van der Waals surface area contributed by atoms with Crippen molar-refractivity contribution in [3.05, 3.63) is 0 Å². The molecule has 0 amide bonds. The van der Waals surface area contributed by atoms with Crippen LogP contribution in [0.5, 0.6) is 0 Å². The van der Waals surface area contributed by atoms with E-state index < -0.39 is 0 Å². The Bertz CT molecular complexity index is 210. The number of rotatable bonds is 3. The smallest absolute Gasteiger partial charge is 0.316 e. The van der Waals surface area contributed by atoms with Gasteiger partial charge in [0.15, 0.2) is 5.12 Å². The summed E-state index contributed by atoms with van der Waals surface area (Å²) in [7, 11) is 0. The van der Waals surface area contributed by atoms with Crippen LogP contribution in [0.3, 0.4) is 0 Å². The molecule has 4 heteroatoms. The highest BCUT2D eigenvalue weighted by Crippen LogP contribution is 2.36. The number of cyclic esters (lactones) is 1. The Morgan fingerprint density at radius 2 is 2.42 bits per heavy atom. The van der Waals surface area contributed by atoms with E-state index in [0.717, 1.165) is 6.42 Å². The van der Waals surface area contributed by atoms with Crippen LogP contribution in [0.25, 0.3) is 0 Å². The van der Waals surface area contributed by atoms with Crippen LogP contribution in [-0.2, 0) is 14.3 Å². The Morgan fingerprint density at radius 1 is 1.75 bits per heavy atom. The molecule has 0 spiro atoms. The molecule has 0 aromatic heterocycles. The van der Waals surface area contributed by atoms with Gasteiger partial charge in [0.1, 0.15) is 12.0 Å². The number of carbonyl (C=O) groups excluding carboxylic acids is 2. The molecule has 0 saturated carbocycles. The Balaban J connectivity index is 2.46. The zero-order valence-electron chi connectivity index (χ0n) is 7.25. The summed E-state index contributed by atoms with van der Waals surface area (Å²) in [5.74, 6) is 0.413. The highest BCUT2D eigenvalue weighted by Gasteiger charge is 2.47. The molecule has 12 heavy (non-hydrogen) atoms. The first-order chi connectivity index (χ1) is 5.60. The number of hydrogen-bond acceptors (Lipinski definition) is 4. The van der Waals surface area contributed by atoms with Gasteiger partial charge in [-0.3, -0.25) is 9.59 Å². The van der Waals surface area contributed by atoms with Gasteiger partial charge < -0.3 is 4.74 Å². The lowest BCUT2D eigenvalue weighted by Gasteiger charge is -2.37. The van der Waals surface area contributed by atoms with Crippen LogP contribution in [0.1, 0.15) is 20.3 Å². The van der Waals surface area contributed by atoms with Crippen molar-refractivity contribution in [1.29, 1.82) is 0 Å². The Kier molecular flexibility index (Phi) is 2.77. The molecule has 1 fully saturated rings. The SMILES string of the molecule is CCC1(CSC(C)=O)COC1=O. The van der Waals surface area contributed by atoms with Gasteiger partial charge in [-0.15, -0.1) is 0 Å². The lowest BCUT2D eigenvalue weighted by atomic mass is 9.84. The lowest BCUT2D eigenvalue weighted by Crippen LogP contribution is -2.49. The summed E-state index contributed by atoms with van der Waals surface area (Å²) in [6.45, 7) is 3.93. The summed E-state index contributed by atoms with van der Waals surface area (Å²) in [6.07, 6.45) is 0.756. The summed E-state index contributed by atoms with van der Waals surface area (Å²) >= 11 is 1.20. The van der Waals surface area contributed by atoms with Crippen molar-refractivity contribution in [2.45, 2.75) is 20.3 Å². The number of carbonyl (C=O) groups is 2. The van der Waals surface area contributed by atoms with Crippen LogP contribution in [0.15, 0.2) is 0 Å². The van der Waals surface area contributed by atoms with Gasteiger partial charge in [-0.1, -0.05) is 18.7 Å². The molecule has 0 aromatic carbocycles. The second-order valence-electron chi connectivity index (χ2n) is 2.99. The van der Waals surface area contributed by atoms with Gasteiger partial charge in [0.25, 0.3) is 0 Å². The molecule has 1 saturated heterocycles. The van der Waals surface area contributed by atoms with Gasteiger partial charge in [-0.05, 0) is 6.42 Å². The van der Waals surface area contributed by atoms with Crippen LogP contribution in [-0.4, -0.2) is 23.4 Å². The van der Waals surface area contributed by atoms with E-state index in [2.05, 4.69) is 0 Å². The third kappa shape index (κ3) is 1.63. The zero-order valence-corrected chi connectivity index (χ0v) is 8.07. The van der Waals surface area contributed by atoms with Crippen LogP contribution in [0.2, 0.25) is 0 Å². The van der Waals surface area contributed by atoms with Gasteiger partial charge in [0.2, 0.25) is 0 Å². The molecule has 1 unspecified atom stereocenters. The van der Waals surface area contributed by atoms with Crippen molar-refractivity contribution in [1.82, 2.24) is 0 Å². The first-order valence-electron chi connectivity index (χ1n) is 3.91. The average Bonchev–Trinajstić information content (AvgIpc) is 2.03. The maximum absolute atomic E-state index is 11.0. The number of hydrogen-bond donors (Lipinski definition) is 0. The van der Waals surface area contributed by atoms with Crippen molar-refractivity contribution in [3.63, 3.8) is 0 Å². The summed E-state index contributed by atoms with van der Waals surface area (Å²) in [6, 6.07) is 0. The van der Waals surface area contributed by atoms with Gasteiger partial charge in [0, 0.05) is 12.7 Å². The van der Waals surface area contributed by atoms with Crippen molar-refractivity contribution >= 4 is 22.8 Å². The largest absolute Gasteiger partial charge is 0.464 e. The summed E-state index contributed by atoms with van der Waals surface area (Å²) in [5, 5.41) is 0.0579. The van der Waals surface area contributed by atoms with E-state index in [1.807, 2.05) is 6.92 Å². The lowest BCUT2D eigenvalue weighted by molar-refractivity contribution is -0.182. The average molecular weight is 188 g/mol. The second kappa shape index (κ2) is 3.47. The minimum Gasteiger partial charge on any atom is -0.464 e. The molecule has 0 N–H and O–H groups in total. The van der Waals surface area contributed by atoms with Crippen molar-refractivity contribution in [2.24, 2.45) is 5.41 Å². The van der Waals surface area contributed by atoms with Crippen LogP contribution in [0.4, 0.5) is 0 Å². The van der Waals surface area contributed by atoms with E-state index in [0.29, 0.717) is 12.4 Å². The number of ether oxygens (including phenoxy) is 1. The maximum Gasteiger partial charge on any atom is 0.316 e. The number of thioether (sulfide) groups is 1. The quantitative estimate of drug-likeness (QED) is 0.624. The van der Waals surface area contributed by atoms with E-state index in [4.69, 9.17) is 4.74 Å². The van der Waals surface area contributed by atoms with Crippen LogP contribution >= 0.6 is 11.8 Å². The molecule has 1 atom stereocenters. The Hall–Kier alpha value is -0.510. The van der Waals surface area contributed by atoms with E-state index in [9.17, 15) is 9.59 Å². The predicted molar refractivity (Wildman–Crippen MR) is 46.8 cm³/mol.